The van der Waals surface area contributed by atoms with Gasteiger partial charge in [0.05, 0.1) is 11.6 Å². The lowest BCUT2D eigenvalue weighted by Crippen LogP contribution is -2.31. The van der Waals surface area contributed by atoms with Crippen molar-refractivity contribution in [1.82, 2.24) is 4.90 Å². The van der Waals surface area contributed by atoms with Crippen LogP contribution in [-0.4, -0.2) is 28.2 Å². The third-order valence-corrected chi connectivity index (χ3v) is 7.12. The van der Waals surface area contributed by atoms with Crippen LogP contribution < -0.4 is 4.74 Å². The molecule has 0 saturated carbocycles. The van der Waals surface area contributed by atoms with Gasteiger partial charge in [0.2, 0.25) is 0 Å². The van der Waals surface area contributed by atoms with Gasteiger partial charge in [0.25, 0.3) is 11.7 Å². The van der Waals surface area contributed by atoms with Gasteiger partial charge in [0, 0.05) is 12.1 Å². The number of aliphatic hydroxyl groups excluding tert-OH is 1. The zero-order valence-corrected chi connectivity index (χ0v) is 22.1. The molecule has 1 saturated heterocycles. The number of nitrogens with zero attached hydrogens (tertiary/aromatic N) is 1. The monoisotopic (exact) mass is 517 g/mol. The summed E-state index contributed by atoms with van der Waals surface area (Å²) in [6.45, 7) is 4.59. The number of carbonyl (C=O) groups excluding carboxylic acids is 2. The van der Waals surface area contributed by atoms with Crippen molar-refractivity contribution in [2.24, 2.45) is 0 Å². The minimum absolute atomic E-state index is 0.111. The van der Waals surface area contributed by atoms with Gasteiger partial charge >= 0.3 is 0 Å². The zero-order chi connectivity index (χ0) is 27.4. The summed E-state index contributed by atoms with van der Waals surface area (Å²) in [5.74, 6) is -0.743. The summed E-state index contributed by atoms with van der Waals surface area (Å²) in [6, 6.07) is 32.2. The number of aryl methyl sites for hydroxylation is 2. The molecule has 1 N–H and O–H groups in total. The van der Waals surface area contributed by atoms with Gasteiger partial charge in [-0.15, -0.1) is 0 Å². The second-order valence-electron chi connectivity index (χ2n) is 9.89. The van der Waals surface area contributed by atoms with Crippen LogP contribution in [0, 0.1) is 13.8 Å². The Kier molecular flexibility index (Phi) is 7.60. The maximum absolute atomic E-state index is 13.4. The first-order valence-corrected chi connectivity index (χ1v) is 13.1. The number of carbonyl (C=O) groups is 2. The summed E-state index contributed by atoms with van der Waals surface area (Å²) in [5, 5.41) is 11.5. The first kappa shape index (κ1) is 26.0. The molecule has 0 aromatic heterocycles. The van der Waals surface area contributed by atoms with Crippen molar-refractivity contribution in [3.63, 3.8) is 0 Å². The average molecular weight is 518 g/mol. The van der Waals surface area contributed by atoms with Crippen LogP contribution in [0.1, 0.15) is 39.4 Å². The number of amides is 1. The summed E-state index contributed by atoms with van der Waals surface area (Å²) < 4.78 is 5.95. The van der Waals surface area contributed by atoms with Crippen LogP contribution in [0.5, 0.6) is 5.75 Å². The fraction of sp³-hybridized carbons (Fsp3) is 0.176. The van der Waals surface area contributed by atoms with Crippen LogP contribution in [0.4, 0.5) is 0 Å². The summed E-state index contributed by atoms with van der Waals surface area (Å²) in [5.41, 5.74) is 5.32. The molecule has 4 aromatic rings. The van der Waals surface area contributed by atoms with Gasteiger partial charge in [-0.25, -0.2) is 0 Å². The smallest absolute Gasteiger partial charge is 0.295 e. The van der Waals surface area contributed by atoms with Crippen molar-refractivity contribution in [3.05, 3.63) is 142 Å². The molecule has 1 unspecified atom stereocenters. The quantitative estimate of drug-likeness (QED) is 0.164. The van der Waals surface area contributed by atoms with Crippen LogP contribution in [0.25, 0.3) is 5.76 Å². The van der Waals surface area contributed by atoms with E-state index >= 15 is 0 Å². The van der Waals surface area contributed by atoms with Gasteiger partial charge < -0.3 is 14.7 Å². The normalized spacial score (nSPS) is 16.5. The van der Waals surface area contributed by atoms with E-state index in [-0.39, 0.29) is 11.3 Å². The molecule has 1 aliphatic rings. The number of hydrogen-bond donors (Lipinski definition) is 1. The molecule has 39 heavy (non-hydrogen) atoms. The fourth-order valence-corrected chi connectivity index (χ4v) is 4.97. The van der Waals surface area contributed by atoms with Crippen molar-refractivity contribution >= 4 is 17.4 Å². The molecule has 5 nitrogen and oxygen atoms in total. The largest absolute Gasteiger partial charge is 0.507 e. The van der Waals surface area contributed by atoms with Gasteiger partial charge in [-0.2, -0.15) is 0 Å². The molecule has 5 rings (SSSR count). The second kappa shape index (κ2) is 11.4. The molecule has 0 spiro atoms. The predicted octanol–water partition coefficient (Wildman–Crippen LogP) is 6.55. The number of hydrogen-bond acceptors (Lipinski definition) is 4. The topological polar surface area (TPSA) is 66.8 Å². The summed E-state index contributed by atoms with van der Waals surface area (Å²) in [7, 11) is 0. The average Bonchev–Trinajstić information content (AvgIpc) is 3.22. The minimum atomic E-state index is -0.711. The van der Waals surface area contributed by atoms with Gasteiger partial charge in [-0.1, -0.05) is 90.5 Å². The van der Waals surface area contributed by atoms with Crippen molar-refractivity contribution in [3.8, 4) is 5.75 Å². The molecule has 1 heterocycles. The van der Waals surface area contributed by atoms with E-state index in [1.807, 2.05) is 117 Å². The Balaban J connectivity index is 1.50. The molecule has 0 aliphatic carbocycles. The van der Waals surface area contributed by atoms with E-state index in [4.69, 9.17) is 4.74 Å². The lowest BCUT2D eigenvalue weighted by atomic mass is 9.93. The molecular formula is C34H31NO4. The van der Waals surface area contributed by atoms with E-state index in [1.165, 1.54) is 0 Å². The minimum Gasteiger partial charge on any atom is -0.507 e. The number of likely N-dealkylation sites (tertiary alicyclic amines) is 1. The van der Waals surface area contributed by atoms with Crippen LogP contribution in [0.15, 0.2) is 109 Å². The predicted molar refractivity (Wildman–Crippen MR) is 152 cm³/mol. The lowest BCUT2D eigenvalue weighted by molar-refractivity contribution is -0.139. The Hall–Kier alpha value is -4.64. The SMILES string of the molecule is Cc1ccc(C)c(C(O)=C2C(=O)C(=O)N(CCc3ccccc3)C2c2ccc(OCc3ccccc3)cc2)c1. The Bertz CT molecular complexity index is 1510. The molecule has 4 aromatic carbocycles. The van der Waals surface area contributed by atoms with E-state index in [1.54, 1.807) is 4.90 Å². The number of Topliss-reactive ketones (excluding diaryl/α,β-unsaturated/α-hetero) is 1. The van der Waals surface area contributed by atoms with E-state index in [0.717, 1.165) is 27.8 Å². The third kappa shape index (κ3) is 5.63. The third-order valence-electron chi connectivity index (χ3n) is 7.12. The van der Waals surface area contributed by atoms with Gasteiger partial charge in [0.15, 0.2) is 0 Å². The Labute approximate surface area is 229 Å². The second-order valence-corrected chi connectivity index (χ2v) is 9.89. The highest BCUT2D eigenvalue weighted by Crippen LogP contribution is 2.40. The first-order chi connectivity index (χ1) is 18.9. The number of ketones is 1. The highest BCUT2D eigenvalue weighted by Gasteiger charge is 2.46. The van der Waals surface area contributed by atoms with E-state index in [9.17, 15) is 14.7 Å². The van der Waals surface area contributed by atoms with Crippen LogP contribution in [-0.2, 0) is 22.6 Å². The maximum Gasteiger partial charge on any atom is 0.295 e. The summed E-state index contributed by atoms with van der Waals surface area (Å²) in [6.07, 6.45) is 0.589. The Morgan fingerprint density at radius 3 is 2.13 bits per heavy atom. The molecular weight excluding hydrogens is 486 g/mol. The number of rotatable bonds is 8. The van der Waals surface area contributed by atoms with Crippen molar-refractivity contribution in [2.45, 2.75) is 32.9 Å². The van der Waals surface area contributed by atoms with Crippen molar-refractivity contribution < 1.29 is 19.4 Å². The molecule has 0 bridgehead atoms. The summed E-state index contributed by atoms with van der Waals surface area (Å²) >= 11 is 0. The van der Waals surface area contributed by atoms with Crippen molar-refractivity contribution in [2.75, 3.05) is 6.54 Å². The first-order valence-electron chi connectivity index (χ1n) is 13.1. The number of aliphatic hydroxyl groups is 1. The summed E-state index contributed by atoms with van der Waals surface area (Å²) in [4.78, 5) is 28.3. The standard InChI is InChI=1S/C34H31NO4/c1-23-13-14-24(2)29(21-23)32(36)30-31(35(34(38)33(30)37)20-19-25-9-5-3-6-10-25)27-15-17-28(18-16-27)39-22-26-11-7-4-8-12-26/h3-18,21,31,36H,19-20,22H2,1-2H3. The highest BCUT2D eigenvalue weighted by molar-refractivity contribution is 6.46. The van der Waals surface area contributed by atoms with Gasteiger partial charge in [0.1, 0.15) is 18.1 Å². The lowest BCUT2D eigenvalue weighted by Gasteiger charge is -2.26. The van der Waals surface area contributed by atoms with Crippen LogP contribution in [0.2, 0.25) is 0 Å². The zero-order valence-electron chi connectivity index (χ0n) is 22.1. The number of ether oxygens (including phenoxy) is 1. The van der Waals surface area contributed by atoms with Crippen molar-refractivity contribution in [1.29, 1.82) is 0 Å². The number of benzene rings is 4. The van der Waals surface area contributed by atoms with E-state index in [2.05, 4.69) is 0 Å². The van der Waals surface area contributed by atoms with Crippen LogP contribution >= 0.6 is 0 Å². The van der Waals surface area contributed by atoms with Crippen LogP contribution in [0.3, 0.4) is 0 Å². The molecule has 1 aliphatic heterocycles. The Morgan fingerprint density at radius 1 is 0.821 bits per heavy atom. The molecule has 5 heteroatoms. The van der Waals surface area contributed by atoms with Gasteiger partial charge in [-0.05, 0) is 60.7 Å². The molecule has 196 valence electrons. The molecule has 1 amide bonds. The molecule has 1 fully saturated rings. The highest BCUT2D eigenvalue weighted by atomic mass is 16.5. The maximum atomic E-state index is 13.4. The van der Waals surface area contributed by atoms with Gasteiger partial charge in [-0.3, -0.25) is 9.59 Å². The molecule has 0 radical (unpaired) electrons. The van der Waals surface area contributed by atoms with E-state index in [0.29, 0.717) is 30.9 Å². The molecule has 1 atom stereocenters. The Morgan fingerprint density at radius 2 is 1.46 bits per heavy atom. The van der Waals surface area contributed by atoms with E-state index < -0.39 is 17.7 Å². The fourth-order valence-electron chi connectivity index (χ4n) is 4.97.